The molecule has 354 valence electrons. The Hall–Kier alpha value is -5.15. The molecule has 0 aromatic carbocycles. The average Bonchev–Trinajstić information content (AvgIpc) is 3.12. The van der Waals surface area contributed by atoms with Crippen LogP contribution in [0.1, 0.15) is 69.2 Å². The molecule has 63 heavy (non-hydrogen) atoms. The van der Waals surface area contributed by atoms with Crippen molar-refractivity contribution in [2.24, 2.45) is 5.73 Å². The molecule has 15 unspecified atom stereocenters. The molecular formula is C37H53N3O22S. The maximum absolute atomic E-state index is 12.9. The summed E-state index contributed by atoms with van der Waals surface area (Å²) in [7, 11) is 0. The highest BCUT2D eigenvalue weighted by Crippen LogP contribution is 2.39. The Bertz CT molecular complexity index is 1730. The number of esters is 8. The van der Waals surface area contributed by atoms with Crippen LogP contribution in [-0.2, 0) is 105 Å². The first-order valence-corrected chi connectivity index (χ1v) is 20.1. The van der Waals surface area contributed by atoms with E-state index in [1.165, 1.54) is 6.92 Å². The summed E-state index contributed by atoms with van der Waals surface area (Å²) < 4.78 is 75.3. The van der Waals surface area contributed by atoms with E-state index in [1.54, 1.807) is 0 Å². The van der Waals surface area contributed by atoms with Crippen molar-refractivity contribution in [1.82, 2.24) is 5.32 Å². The van der Waals surface area contributed by atoms with Crippen molar-refractivity contribution in [2.45, 2.75) is 160 Å². The molecular weight excluding hydrogens is 870 g/mol. The number of thioether (sulfide) groups is 1. The SMILES string of the molecule is CC(=O)NC1C(SC(=N)N)OC(COC(C)=O)C(OC2OC(COC(C)=O)C(OC(C)=O)C(OC(C)=O)C2OC(C)=O)C1OC1OC(C)C(OC(C)=O)C(OC(C)=O)C1OC(C)=O. The minimum absolute atomic E-state index is 0.529. The van der Waals surface area contributed by atoms with Gasteiger partial charge in [-0.3, -0.25) is 48.6 Å². The molecule has 25 nitrogen and oxygen atoms in total. The van der Waals surface area contributed by atoms with Crippen LogP contribution >= 0.6 is 11.8 Å². The van der Waals surface area contributed by atoms with Crippen LogP contribution in [0.2, 0.25) is 0 Å². The van der Waals surface area contributed by atoms with E-state index in [0.29, 0.717) is 11.8 Å². The van der Waals surface area contributed by atoms with Gasteiger partial charge in [0.15, 0.2) is 54.4 Å². The predicted octanol–water partition coefficient (Wildman–Crippen LogP) is -1.20. The van der Waals surface area contributed by atoms with Gasteiger partial charge in [-0.05, 0) is 6.92 Å². The highest BCUT2D eigenvalue weighted by Gasteiger charge is 2.59. The largest absolute Gasteiger partial charge is 0.463 e. The van der Waals surface area contributed by atoms with Crippen molar-refractivity contribution in [1.29, 1.82) is 5.41 Å². The number of hydrogen-bond donors (Lipinski definition) is 3. The van der Waals surface area contributed by atoms with Crippen LogP contribution in [0.25, 0.3) is 0 Å². The Labute approximate surface area is 364 Å². The Kier molecular flexibility index (Phi) is 19.5. The van der Waals surface area contributed by atoms with E-state index in [1.807, 2.05) is 0 Å². The number of ether oxygens (including phenoxy) is 13. The second kappa shape index (κ2) is 23.5. The smallest absolute Gasteiger partial charge is 0.303 e. The molecule has 4 N–H and O–H groups in total. The van der Waals surface area contributed by atoms with E-state index in [0.717, 1.165) is 62.3 Å². The van der Waals surface area contributed by atoms with Crippen LogP contribution in [0, 0.1) is 5.41 Å². The summed E-state index contributed by atoms with van der Waals surface area (Å²) in [6.07, 6.45) is -21.2. The maximum atomic E-state index is 12.9. The Morgan fingerprint density at radius 1 is 0.508 bits per heavy atom. The Morgan fingerprint density at radius 3 is 1.32 bits per heavy atom. The number of nitrogens with two attached hydrogens (primary N) is 1. The van der Waals surface area contributed by atoms with E-state index in [-0.39, 0.29) is 0 Å². The summed E-state index contributed by atoms with van der Waals surface area (Å²) in [5.74, 6) is -7.85. The molecule has 1 amide bonds. The molecule has 3 saturated heterocycles. The molecule has 3 heterocycles. The van der Waals surface area contributed by atoms with Crippen molar-refractivity contribution in [3.8, 4) is 0 Å². The summed E-state index contributed by atoms with van der Waals surface area (Å²) in [5, 5.41) is 10.2. The number of hydrogen-bond acceptors (Lipinski definition) is 24. The zero-order valence-corrected chi connectivity index (χ0v) is 36.9. The van der Waals surface area contributed by atoms with Crippen molar-refractivity contribution >= 4 is 70.6 Å². The van der Waals surface area contributed by atoms with Crippen LogP contribution in [0.4, 0.5) is 0 Å². The van der Waals surface area contributed by atoms with Crippen molar-refractivity contribution in [3.05, 3.63) is 0 Å². The molecule has 3 fully saturated rings. The van der Waals surface area contributed by atoms with E-state index in [4.69, 9.17) is 72.7 Å². The van der Waals surface area contributed by atoms with Crippen molar-refractivity contribution in [2.75, 3.05) is 13.2 Å². The molecule has 15 atom stereocenters. The van der Waals surface area contributed by atoms with Gasteiger partial charge in [0.2, 0.25) is 5.91 Å². The molecule has 0 spiro atoms. The zero-order valence-electron chi connectivity index (χ0n) is 36.0. The molecule has 3 aliphatic rings. The lowest BCUT2D eigenvalue weighted by atomic mass is 9.94. The van der Waals surface area contributed by atoms with Crippen LogP contribution < -0.4 is 11.1 Å². The lowest BCUT2D eigenvalue weighted by molar-refractivity contribution is -0.359. The van der Waals surface area contributed by atoms with Crippen LogP contribution in [0.15, 0.2) is 0 Å². The summed E-state index contributed by atoms with van der Waals surface area (Å²) in [5.41, 5.74) is 4.41. The molecule has 0 bridgehead atoms. The predicted molar refractivity (Wildman–Crippen MR) is 205 cm³/mol. The highest BCUT2D eigenvalue weighted by molar-refractivity contribution is 8.14. The zero-order chi connectivity index (χ0) is 47.5. The van der Waals surface area contributed by atoms with Gasteiger partial charge in [-0.15, -0.1) is 0 Å². The molecule has 26 heteroatoms. The summed E-state index contributed by atoms with van der Waals surface area (Å²) >= 11 is 0.577. The highest BCUT2D eigenvalue weighted by atomic mass is 32.2. The Morgan fingerprint density at radius 2 is 0.889 bits per heavy atom. The van der Waals surface area contributed by atoms with Crippen LogP contribution in [0.3, 0.4) is 0 Å². The van der Waals surface area contributed by atoms with Gasteiger partial charge in [-0.1, -0.05) is 11.8 Å². The van der Waals surface area contributed by atoms with Gasteiger partial charge in [-0.25, -0.2) is 0 Å². The molecule has 0 aromatic heterocycles. The second-order valence-electron chi connectivity index (χ2n) is 14.3. The first kappa shape index (κ1) is 52.2. The standard InChI is InChI=1S/C37H53N3O22S/c1-13-26(53-17(5)44)30(55-19(7)46)32(57-21(9)48)34(52-13)62-29-25(40-14(2)41)36(63-37(38)39)60-24(12-51-16(4)43)27(29)61-35-33(58-22(10)49)31(56-20(8)47)28(54-18(6)45)23(59-35)11-50-15(3)42/h13,23-36H,11-12H2,1-10H3,(H3,38,39)(H,40,41). The van der Waals surface area contributed by atoms with E-state index >= 15 is 0 Å². The topological polar surface area (TPSA) is 336 Å². The van der Waals surface area contributed by atoms with Gasteiger partial charge in [-0.2, -0.15) is 0 Å². The van der Waals surface area contributed by atoms with Gasteiger partial charge in [0.1, 0.15) is 43.1 Å². The summed E-state index contributed by atoms with van der Waals surface area (Å²) in [6, 6.07) is -1.46. The molecule has 3 rings (SSSR count). The number of carbonyl (C=O) groups excluding carboxylic acids is 9. The van der Waals surface area contributed by atoms with E-state index in [2.05, 4.69) is 5.32 Å². The van der Waals surface area contributed by atoms with Gasteiger partial charge in [0.05, 0.1) is 12.1 Å². The fourth-order valence-electron chi connectivity index (χ4n) is 6.86. The lowest BCUT2D eigenvalue weighted by Gasteiger charge is -2.51. The van der Waals surface area contributed by atoms with Gasteiger partial charge in [0, 0.05) is 62.3 Å². The Balaban J connectivity index is 2.35. The molecule has 0 aromatic rings. The first-order valence-electron chi connectivity index (χ1n) is 19.2. The van der Waals surface area contributed by atoms with Crippen molar-refractivity contribution < 1.29 is 105 Å². The summed E-state index contributed by atoms with van der Waals surface area (Å²) in [4.78, 5) is 112. The maximum Gasteiger partial charge on any atom is 0.303 e. The van der Waals surface area contributed by atoms with Gasteiger partial charge in [0.25, 0.3) is 0 Å². The van der Waals surface area contributed by atoms with E-state index in [9.17, 15) is 43.2 Å². The molecule has 0 radical (unpaired) electrons. The number of amides is 1. The number of carbonyl (C=O) groups is 9. The van der Waals surface area contributed by atoms with Crippen LogP contribution in [0.5, 0.6) is 0 Å². The molecule has 0 aliphatic carbocycles. The third-order valence-electron chi connectivity index (χ3n) is 8.87. The monoisotopic (exact) mass is 923 g/mol. The fraction of sp³-hybridized carbons (Fsp3) is 0.730. The second-order valence-corrected chi connectivity index (χ2v) is 15.4. The number of nitrogens with one attached hydrogen (secondary N) is 2. The van der Waals surface area contributed by atoms with E-state index < -0.39 is 163 Å². The van der Waals surface area contributed by atoms with Gasteiger partial charge < -0.3 is 72.6 Å². The average molecular weight is 924 g/mol. The lowest BCUT2D eigenvalue weighted by Crippen LogP contribution is -2.70. The van der Waals surface area contributed by atoms with Crippen LogP contribution in [-0.4, -0.2) is 163 Å². The quantitative estimate of drug-likeness (QED) is 0.0708. The number of rotatable bonds is 16. The number of amidine groups is 1. The summed E-state index contributed by atoms with van der Waals surface area (Å²) in [6.45, 7) is 9.51. The third-order valence-corrected chi connectivity index (χ3v) is 9.76. The molecule has 0 saturated carbocycles. The third kappa shape index (κ3) is 15.6. The van der Waals surface area contributed by atoms with Gasteiger partial charge >= 0.3 is 47.8 Å². The minimum atomic E-state index is -1.93. The first-order chi connectivity index (χ1) is 29.4. The van der Waals surface area contributed by atoms with Crippen molar-refractivity contribution in [3.63, 3.8) is 0 Å². The fourth-order valence-corrected chi connectivity index (χ4v) is 7.68. The minimum Gasteiger partial charge on any atom is -0.463 e. The molecule has 3 aliphatic heterocycles. The normalized spacial score (nSPS) is 32.6.